The maximum Gasteiger partial charge on any atom is 0.256 e. The van der Waals surface area contributed by atoms with E-state index in [-0.39, 0.29) is 11.9 Å². The number of hydrogen-bond acceptors (Lipinski definition) is 5. The van der Waals surface area contributed by atoms with E-state index in [1.54, 1.807) is 7.11 Å². The molecular formula is C32H45N3O3. The molecule has 2 aromatic carbocycles. The van der Waals surface area contributed by atoms with E-state index in [1.807, 2.05) is 56.1 Å². The van der Waals surface area contributed by atoms with Gasteiger partial charge in [0.2, 0.25) is 0 Å². The lowest BCUT2D eigenvalue weighted by molar-refractivity contribution is 0.0727. The summed E-state index contributed by atoms with van der Waals surface area (Å²) in [5.74, 6) is 0.794. The van der Waals surface area contributed by atoms with E-state index in [1.165, 1.54) is 0 Å². The molecule has 1 saturated heterocycles. The number of aryl methyl sites for hydroxylation is 1. The molecule has 2 aromatic rings. The lowest BCUT2D eigenvalue weighted by Crippen LogP contribution is -2.47. The maximum atomic E-state index is 14.1. The second-order valence-electron chi connectivity index (χ2n) is 10.0. The summed E-state index contributed by atoms with van der Waals surface area (Å²) in [5.41, 5.74) is 4.82. The number of rotatable bonds is 13. The first-order valence-corrected chi connectivity index (χ1v) is 13.7. The standard InChI is InChI=1S/C32H45N3O3/c1-7-34-18-20-35(21-19-34)30-16-11-13-25(2)31(30)32(36)33(5)29(26(3)23-27(4)37-6)17-12-22-38-24-28-14-9-8-10-15-28/h8-11,13-16,23,29H,3,7,12,17-22,24H2,1-2,4-6H3/b27-23+/t29-/m1/s1. The van der Waals surface area contributed by atoms with Crippen LogP contribution in [0.15, 0.2) is 72.5 Å². The van der Waals surface area contributed by atoms with Gasteiger partial charge >= 0.3 is 0 Å². The number of hydrogen-bond donors (Lipinski definition) is 0. The molecule has 1 amide bonds. The first kappa shape index (κ1) is 29.5. The number of carbonyl (C=O) groups is 1. The summed E-state index contributed by atoms with van der Waals surface area (Å²) < 4.78 is 11.3. The van der Waals surface area contributed by atoms with Gasteiger partial charge in [0, 0.05) is 45.5 Å². The molecule has 0 radical (unpaired) electrons. The maximum absolute atomic E-state index is 14.1. The second-order valence-corrected chi connectivity index (χ2v) is 10.0. The molecule has 1 fully saturated rings. The van der Waals surface area contributed by atoms with Crippen LogP contribution in [0.4, 0.5) is 5.69 Å². The van der Waals surface area contributed by atoms with Crippen LogP contribution in [0.5, 0.6) is 0 Å². The number of amides is 1. The van der Waals surface area contributed by atoms with Crippen LogP contribution in [0.1, 0.15) is 48.2 Å². The van der Waals surface area contributed by atoms with E-state index in [2.05, 4.69) is 47.6 Å². The second kappa shape index (κ2) is 14.7. The minimum absolute atomic E-state index is 0.0239. The lowest BCUT2D eigenvalue weighted by atomic mass is 9.98. The average Bonchev–Trinajstić information content (AvgIpc) is 2.94. The summed E-state index contributed by atoms with van der Waals surface area (Å²) in [6, 6.07) is 16.2. The lowest BCUT2D eigenvalue weighted by Gasteiger charge is -2.37. The van der Waals surface area contributed by atoms with Crippen molar-refractivity contribution < 1.29 is 14.3 Å². The number of piperazine rings is 1. The van der Waals surface area contributed by atoms with Crippen molar-refractivity contribution in [3.05, 3.63) is 89.2 Å². The van der Waals surface area contributed by atoms with Gasteiger partial charge < -0.3 is 24.2 Å². The third kappa shape index (κ3) is 7.95. The Balaban J connectivity index is 1.75. The molecule has 0 N–H and O–H groups in total. The minimum Gasteiger partial charge on any atom is -0.501 e. The first-order valence-electron chi connectivity index (χ1n) is 13.7. The smallest absolute Gasteiger partial charge is 0.256 e. The SMILES string of the molecule is C=C(/C=C(\C)OC)[C@@H](CCCOCc1ccccc1)N(C)C(=O)c1c(C)cccc1N1CCN(CC)CC1. The molecule has 1 atom stereocenters. The van der Waals surface area contributed by atoms with E-state index < -0.39 is 0 Å². The fourth-order valence-corrected chi connectivity index (χ4v) is 5.00. The molecule has 1 aliphatic heterocycles. The molecule has 6 nitrogen and oxygen atoms in total. The molecule has 0 saturated carbocycles. The summed E-state index contributed by atoms with van der Waals surface area (Å²) in [7, 11) is 3.54. The van der Waals surface area contributed by atoms with Gasteiger partial charge in [-0.2, -0.15) is 0 Å². The number of allylic oxidation sites excluding steroid dienone is 1. The summed E-state index contributed by atoms with van der Waals surface area (Å²) in [5, 5.41) is 0. The molecule has 1 heterocycles. The van der Waals surface area contributed by atoms with Gasteiger partial charge in [0.05, 0.1) is 31.1 Å². The van der Waals surface area contributed by atoms with Crippen LogP contribution in [0.25, 0.3) is 0 Å². The Bertz CT molecular complexity index is 1070. The molecule has 206 valence electrons. The van der Waals surface area contributed by atoms with Crippen molar-refractivity contribution in [2.45, 2.75) is 46.3 Å². The number of benzene rings is 2. The normalized spacial score (nSPS) is 15.3. The van der Waals surface area contributed by atoms with Gasteiger partial charge in [0.15, 0.2) is 0 Å². The molecule has 0 spiro atoms. The monoisotopic (exact) mass is 519 g/mol. The van der Waals surface area contributed by atoms with E-state index in [0.717, 1.165) is 79.3 Å². The number of nitrogens with zero attached hydrogens (tertiary/aromatic N) is 3. The van der Waals surface area contributed by atoms with Crippen molar-refractivity contribution in [1.82, 2.24) is 9.80 Å². The Morgan fingerprint density at radius 3 is 2.47 bits per heavy atom. The van der Waals surface area contributed by atoms with Crippen LogP contribution in [0.2, 0.25) is 0 Å². The zero-order chi connectivity index (χ0) is 27.5. The molecular weight excluding hydrogens is 474 g/mol. The van der Waals surface area contributed by atoms with Gasteiger partial charge in [0.1, 0.15) is 0 Å². The first-order chi connectivity index (χ1) is 18.3. The summed E-state index contributed by atoms with van der Waals surface area (Å²) >= 11 is 0. The van der Waals surface area contributed by atoms with Gasteiger partial charge in [-0.25, -0.2) is 0 Å². The van der Waals surface area contributed by atoms with Crippen LogP contribution >= 0.6 is 0 Å². The predicted octanol–water partition coefficient (Wildman–Crippen LogP) is 5.68. The Kier molecular flexibility index (Phi) is 11.4. The predicted molar refractivity (Wildman–Crippen MR) is 157 cm³/mol. The zero-order valence-electron chi connectivity index (χ0n) is 23.9. The molecule has 38 heavy (non-hydrogen) atoms. The number of likely N-dealkylation sites (N-methyl/N-ethyl adjacent to an activating group) is 2. The van der Waals surface area contributed by atoms with Crippen molar-refractivity contribution in [2.75, 3.05) is 58.4 Å². The molecule has 1 aliphatic rings. The van der Waals surface area contributed by atoms with Crippen LogP contribution in [0.3, 0.4) is 0 Å². The van der Waals surface area contributed by atoms with Crippen LogP contribution in [0, 0.1) is 6.92 Å². The third-order valence-corrected chi connectivity index (χ3v) is 7.43. The Labute approximate surface area is 229 Å². The van der Waals surface area contributed by atoms with Crippen molar-refractivity contribution in [3.8, 4) is 0 Å². The fourth-order valence-electron chi connectivity index (χ4n) is 5.00. The minimum atomic E-state index is -0.169. The van der Waals surface area contributed by atoms with Crippen molar-refractivity contribution in [2.24, 2.45) is 0 Å². The number of methoxy groups -OCH3 is 1. The van der Waals surface area contributed by atoms with Gasteiger partial charge in [-0.05, 0) is 62.1 Å². The highest BCUT2D eigenvalue weighted by molar-refractivity contribution is 6.01. The molecule has 0 aromatic heterocycles. The van der Waals surface area contributed by atoms with Crippen molar-refractivity contribution >= 4 is 11.6 Å². The van der Waals surface area contributed by atoms with E-state index in [4.69, 9.17) is 9.47 Å². The Morgan fingerprint density at radius 1 is 1.11 bits per heavy atom. The summed E-state index contributed by atoms with van der Waals surface area (Å²) in [6.07, 6.45) is 3.50. The third-order valence-electron chi connectivity index (χ3n) is 7.43. The van der Waals surface area contributed by atoms with Gasteiger partial charge in [-0.1, -0.05) is 56.0 Å². The Morgan fingerprint density at radius 2 is 1.82 bits per heavy atom. The number of carbonyl (C=O) groups excluding carboxylic acids is 1. The zero-order valence-corrected chi connectivity index (χ0v) is 23.9. The van der Waals surface area contributed by atoms with E-state index >= 15 is 0 Å². The number of anilines is 1. The number of ether oxygens (including phenoxy) is 2. The van der Waals surface area contributed by atoms with E-state index in [9.17, 15) is 4.79 Å². The topological polar surface area (TPSA) is 45.3 Å². The fraction of sp³-hybridized carbons (Fsp3) is 0.469. The van der Waals surface area contributed by atoms with Gasteiger partial charge in [-0.15, -0.1) is 0 Å². The van der Waals surface area contributed by atoms with Crippen LogP contribution in [-0.4, -0.2) is 75.2 Å². The summed E-state index contributed by atoms with van der Waals surface area (Å²) in [4.78, 5) is 20.7. The largest absolute Gasteiger partial charge is 0.501 e. The molecule has 3 rings (SSSR count). The highest BCUT2D eigenvalue weighted by atomic mass is 16.5. The van der Waals surface area contributed by atoms with Gasteiger partial charge in [-0.3, -0.25) is 4.79 Å². The quantitative estimate of drug-likeness (QED) is 0.194. The molecule has 0 unspecified atom stereocenters. The van der Waals surface area contributed by atoms with Crippen LogP contribution in [-0.2, 0) is 16.1 Å². The van der Waals surface area contributed by atoms with E-state index in [0.29, 0.717) is 13.2 Å². The van der Waals surface area contributed by atoms with Crippen LogP contribution < -0.4 is 4.90 Å². The highest BCUT2D eigenvalue weighted by Crippen LogP contribution is 2.28. The van der Waals surface area contributed by atoms with Crippen molar-refractivity contribution in [3.63, 3.8) is 0 Å². The molecule has 0 bridgehead atoms. The van der Waals surface area contributed by atoms with Gasteiger partial charge in [0.25, 0.3) is 5.91 Å². The average molecular weight is 520 g/mol. The van der Waals surface area contributed by atoms with Crippen molar-refractivity contribution in [1.29, 1.82) is 0 Å². The highest BCUT2D eigenvalue weighted by Gasteiger charge is 2.28. The molecule has 6 heteroatoms. The Hall–Kier alpha value is -3.09. The summed E-state index contributed by atoms with van der Waals surface area (Å²) in [6.45, 7) is 16.6. The molecule has 0 aliphatic carbocycles.